The number of benzene rings is 1. The van der Waals surface area contributed by atoms with Crippen molar-refractivity contribution >= 4 is 34.2 Å². The van der Waals surface area contributed by atoms with Crippen LogP contribution >= 0.6 is 34.2 Å². The Balaban J connectivity index is 2.37. The summed E-state index contributed by atoms with van der Waals surface area (Å²) >= 11 is 8.13. The highest BCUT2D eigenvalue weighted by Gasteiger charge is 2.13. The molecule has 0 aliphatic carbocycles. The van der Waals surface area contributed by atoms with Crippen molar-refractivity contribution in [1.82, 2.24) is 0 Å². The molecule has 0 spiro atoms. The first-order chi connectivity index (χ1) is 8.11. The molecule has 90 valence electrons. The third-order valence-electron chi connectivity index (χ3n) is 2.54. The van der Waals surface area contributed by atoms with Crippen LogP contribution in [-0.2, 0) is 0 Å². The molecule has 0 bridgehead atoms. The number of aliphatic hydroxyl groups is 1. The summed E-state index contributed by atoms with van der Waals surface area (Å²) in [5.41, 5.74) is 0.990. The van der Waals surface area contributed by atoms with Gasteiger partial charge in [0.1, 0.15) is 17.6 Å². The molecule has 0 aliphatic heterocycles. The van der Waals surface area contributed by atoms with E-state index in [1.54, 1.807) is 0 Å². The predicted octanol–water partition coefficient (Wildman–Crippen LogP) is 4.65. The van der Waals surface area contributed by atoms with Gasteiger partial charge in [-0.2, -0.15) is 0 Å². The first-order valence-corrected chi connectivity index (χ1v) is 6.80. The molecule has 2 rings (SSSR count). The molecule has 1 aromatic heterocycles. The van der Waals surface area contributed by atoms with Gasteiger partial charge in [0.05, 0.1) is 0 Å². The molecule has 0 saturated carbocycles. The summed E-state index contributed by atoms with van der Waals surface area (Å²) in [6.07, 6.45) is 0.110. The Bertz CT molecular complexity index is 522. The second kappa shape index (κ2) is 5.42. The number of hydrogen-bond acceptors (Lipinski definition) is 2. The van der Waals surface area contributed by atoms with Crippen LogP contribution < -0.4 is 0 Å². The molecule has 0 fully saturated rings. The van der Waals surface area contributed by atoms with E-state index in [0.717, 1.165) is 14.9 Å². The Hall–Kier alpha value is -0.520. The van der Waals surface area contributed by atoms with Crippen molar-refractivity contribution in [3.05, 3.63) is 44.7 Å². The second-order valence-electron chi connectivity index (χ2n) is 3.75. The zero-order valence-corrected chi connectivity index (χ0v) is 12.2. The van der Waals surface area contributed by atoms with Crippen molar-refractivity contribution in [2.45, 2.75) is 19.4 Å². The summed E-state index contributed by atoms with van der Waals surface area (Å²) in [4.78, 5) is 0. The monoisotopic (exact) mass is 362 g/mol. The average Bonchev–Trinajstić information content (AvgIpc) is 2.77. The van der Waals surface area contributed by atoms with Gasteiger partial charge in [-0.15, -0.1) is 0 Å². The third-order valence-corrected chi connectivity index (χ3v) is 3.67. The normalized spacial score (nSPS) is 12.7. The Labute approximate surface area is 119 Å². The van der Waals surface area contributed by atoms with Gasteiger partial charge in [0.2, 0.25) is 0 Å². The average molecular weight is 363 g/mol. The molecule has 1 N–H and O–H groups in total. The fourth-order valence-electron chi connectivity index (χ4n) is 1.57. The van der Waals surface area contributed by atoms with Crippen LogP contribution in [0.1, 0.15) is 25.2 Å². The van der Waals surface area contributed by atoms with E-state index >= 15 is 0 Å². The summed E-state index contributed by atoms with van der Waals surface area (Å²) in [7, 11) is 0. The van der Waals surface area contributed by atoms with E-state index in [2.05, 4.69) is 22.6 Å². The van der Waals surface area contributed by atoms with Crippen molar-refractivity contribution in [2.75, 3.05) is 0 Å². The van der Waals surface area contributed by atoms with Crippen LogP contribution in [0.15, 0.2) is 34.7 Å². The van der Waals surface area contributed by atoms with Gasteiger partial charge < -0.3 is 9.52 Å². The standard InChI is InChI=1S/C13H12ClIO2/c1-2-11(16)13-6-5-12(17-13)9-4-3-8(14)7-10(9)15/h3-7,11,16H,2H2,1H3. The fourth-order valence-corrected chi connectivity index (χ4v) is 2.70. The minimum absolute atomic E-state index is 0.534. The molecule has 17 heavy (non-hydrogen) atoms. The Morgan fingerprint density at radius 2 is 2.12 bits per heavy atom. The van der Waals surface area contributed by atoms with Gasteiger partial charge in [-0.3, -0.25) is 0 Å². The topological polar surface area (TPSA) is 33.4 Å². The number of hydrogen-bond donors (Lipinski definition) is 1. The first kappa shape index (κ1) is 12.9. The maximum absolute atomic E-state index is 9.69. The van der Waals surface area contributed by atoms with Crippen LogP contribution in [-0.4, -0.2) is 5.11 Å². The molecule has 0 aliphatic rings. The fraction of sp³-hybridized carbons (Fsp3) is 0.231. The third kappa shape index (κ3) is 2.84. The lowest BCUT2D eigenvalue weighted by atomic mass is 10.2. The smallest absolute Gasteiger partial charge is 0.135 e. The number of halogens is 2. The highest BCUT2D eigenvalue weighted by molar-refractivity contribution is 14.1. The molecule has 1 heterocycles. The van der Waals surface area contributed by atoms with Gasteiger partial charge in [0, 0.05) is 14.2 Å². The van der Waals surface area contributed by atoms with Gasteiger partial charge in [-0.25, -0.2) is 0 Å². The van der Waals surface area contributed by atoms with Crippen molar-refractivity contribution < 1.29 is 9.52 Å². The van der Waals surface area contributed by atoms with Crippen LogP contribution in [0.3, 0.4) is 0 Å². The molecule has 4 heteroatoms. The van der Waals surface area contributed by atoms with Crippen LogP contribution in [0.4, 0.5) is 0 Å². The van der Waals surface area contributed by atoms with E-state index in [4.69, 9.17) is 16.0 Å². The summed E-state index contributed by atoms with van der Waals surface area (Å²) in [6, 6.07) is 9.33. The van der Waals surface area contributed by atoms with E-state index in [0.29, 0.717) is 17.2 Å². The largest absolute Gasteiger partial charge is 0.458 e. The van der Waals surface area contributed by atoms with Gasteiger partial charge in [-0.1, -0.05) is 18.5 Å². The Morgan fingerprint density at radius 1 is 1.35 bits per heavy atom. The zero-order valence-electron chi connectivity index (χ0n) is 9.28. The maximum atomic E-state index is 9.69. The SMILES string of the molecule is CCC(O)c1ccc(-c2ccc(Cl)cc2I)o1. The highest BCUT2D eigenvalue weighted by atomic mass is 127. The molecular weight excluding hydrogens is 350 g/mol. The highest BCUT2D eigenvalue weighted by Crippen LogP contribution is 2.31. The molecule has 1 aromatic carbocycles. The summed E-state index contributed by atoms with van der Waals surface area (Å²) in [5, 5.41) is 10.4. The number of furan rings is 1. The van der Waals surface area contributed by atoms with Crippen LogP contribution in [0.25, 0.3) is 11.3 Å². The number of rotatable bonds is 3. The van der Waals surface area contributed by atoms with Crippen LogP contribution in [0.5, 0.6) is 0 Å². The van der Waals surface area contributed by atoms with Gasteiger partial charge >= 0.3 is 0 Å². The van der Waals surface area contributed by atoms with Gasteiger partial charge in [0.15, 0.2) is 0 Å². The number of aliphatic hydroxyl groups excluding tert-OH is 1. The van der Waals surface area contributed by atoms with Crippen molar-refractivity contribution in [2.24, 2.45) is 0 Å². The van der Waals surface area contributed by atoms with E-state index in [-0.39, 0.29) is 0 Å². The molecule has 1 unspecified atom stereocenters. The summed E-state index contributed by atoms with van der Waals surface area (Å²) in [6.45, 7) is 1.92. The van der Waals surface area contributed by atoms with Crippen molar-refractivity contribution in [3.63, 3.8) is 0 Å². The maximum Gasteiger partial charge on any atom is 0.135 e. The predicted molar refractivity (Wildman–Crippen MR) is 77.1 cm³/mol. The minimum Gasteiger partial charge on any atom is -0.458 e. The molecule has 2 aromatic rings. The lowest BCUT2D eigenvalue weighted by Gasteiger charge is -2.04. The summed E-state index contributed by atoms with van der Waals surface area (Å²) in [5.74, 6) is 1.36. The van der Waals surface area contributed by atoms with E-state index in [1.807, 2.05) is 37.3 Å². The molecule has 0 saturated heterocycles. The van der Waals surface area contributed by atoms with Crippen molar-refractivity contribution in [3.8, 4) is 11.3 Å². The Kier molecular flexibility index (Phi) is 4.12. The lowest BCUT2D eigenvalue weighted by Crippen LogP contribution is -1.91. The van der Waals surface area contributed by atoms with E-state index < -0.39 is 6.10 Å². The molecule has 1 atom stereocenters. The molecule has 2 nitrogen and oxygen atoms in total. The first-order valence-electron chi connectivity index (χ1n) is 5.35. The van der Waals surface area contributed by atoms with Gasteiger partial charge in [-0.05, 0) is 59.3 Å². The molecule has 0 radical (unpaired) electrons. The molecular formula is C13H12ClIO2. The quantitative estimate of drug-likeness (QED) is 0.807. The van der Waals surface area contributed by atoms with Crippen LogP contribution in [0, 0.1) is 3.57 Å². The molecule has 0 amide bonds. The van der Waals surface area contributed by atoms with Gasteiger partial charge in [0.25, 0.3) is 0 Å². The second-order valence-corrected chi connectivity index (χ2v) is 5.35. The zero-order chi connectivity index (χ0) is 12.4. The summed E-state index contributed by atoms with van der Waals surface area (Å²) < 4.78 is 6.67. The van der Waals surface area contributed by atoms with E-state index in [9.17, 15) is 5.11 Å². The minimum atomic E-state index is -0.534. The van der Waals surface area contributed by atoms with E-state index in [1.165, 1.54) is 0 Å². The van der Waals surface area contributed by atoms with Crippen molar-refractivity contribution in [1.29, 1.82) is 0 Å². The Morgan fingerprint density at radius 3 is 2.76 bits per heavy atom. The lowest BCUT2D eigenvalue weighted by molar-refractivity contribution is 0.147. The van der Waals surface area contributed by atoms with Crippen LogP contribution in [0.2, 0.25) is 5.02 Å².